The van der Waals surface area contributed by atoms with Crippen molar-refractivity contribution in [1.82, 2.24) is 9.78 Å². The molecule has 0 fully saturated rings. The van der Waals surface area contributed by atoms with E-state index in [0.717, 1.165) is 0 Å². The molecule has 0 aliphatic rings. The van der Waals surface area contributed by atoms with E-state index >= 15 is 0 Å². The predicted octanol–water partition coefficient (Wildman–Crippen LogP) is 5.91. The van der Waals surface area contributed by atoms with Gasteiger partial charge in [-0.15, -0.1) is 0 Å². The van der Waals surface area contributed by atoms with E-state index in [2.05, 4.69) is 5.10 Å². The second-order valence-electron chi connectivity index (χ2n) is 7.11. The highest BCUT2D eigenvalue weighted by atomic mass is 35.5. The highest BCUT2D eigenvalue weighted by molar-refractivity contribution is 6.32. The summed E-state index contributed by atoms with van der Waals surface area (Å²) in [6.07, 6.45) is 2.81. The molecule has 4 rings (SSSR count). The third kappa shape index (κ3) is 4.59. The number of nitro benzene ring substituents is 2. The van der Waals surface area contributed by atoms with Crippen LogP contribution in [0.3, 0.4) is 0 Å². The van der Waals surface area contributed by atoms with Crippen LogP contribution in [0.2, 0.25) is 5.15 Å². The number of para-hydroxylation sites is 1. The molecule has 0 spiro atoms. The Kier molecular flexibility index (Phi) is 6.28. The second kappa shape index (κ2) is 9.47. The average molecular weight is 475 g/mol. The number of rotatable bonds is 7. The third-order valence-corrected chi connectivity index (χ3v) is 5.34. The molecule has 0 saturated carbocycles. The van der Waals surface area contributed by atoms with Gasteiger partial charge in [-0.1, -0.05) is 29.8 Å². The molecule has 9 nitrogen and oxygen atoms in total. The Bertz CT molecular complexity index is 1410. The van der Waals surface area contributed by atoms with Gasteiger partial charge < -0.3 is 0 Å². The maximum absolute atomic E-state index is 12.7. The lowest BCUT2D eigenvalue weighted by Gasteiger charge is -2.01. The van der Waals surface area contributed by atoms with Crippen LogP contribution in [0.25, 0.3) is 23.0 Å². The normalized spacial score (nSPS) is 11.0. The first-order valence-electron chi connectivity index (χ1n) is 9.91. The molecule has 0 bridgehead atoms. The Morgan fingerprint density at radius 2 is 1.41 bits per heavy atom. The van der Waals surface area contributed by atoms with Gasteiger partial charge in [0.15, 0.2) is 5.78 Å². The summed E-state index contributed by atoms with van der Waals surface area (Å²) < 4.78 is 1.51. The Labute approximate surface area is 197 Å². The maximum atomic E-state index is 12.7. The van der Waals surface area contributed by atoms with Gasteiger partial charge in [0.1, 0.15) is 10.8 Å². The monoisotopic (exact) mass is 474 g/mol. The van der Waals surface area contributed by atoms with Gasteiger partial charge in [0.2, 0.25) is 0 Å². The Morgan fingerprint density at radius 3 is 1.97 bits per heavy atom. The van der Waals surface area contributed by atoms with Gasteiger partial charge in [-0.2, -0.15) is 5.10 Å². The number of nitrogens with zero attached hydrogens (tertiary/aromatic N) is 4. The van der Waals surface area contributed by atoms with E-state index in [4.69, 9.17) is 11.6 Å². The summed E-state index contributed by atoms with van der Waals surface area (Å²) in [5.41, 5.74) is 2.22. The van der Waals surface area contributed by atoms with E-state index < -0.39 is 9.85 Å². The van der Waals surface area contributed by atoms with Crippen molar-refractivity contribution in [1.29, 1.82) is 0 Å². The van der Waals surface area contributed by atoms with E-state index in [1.165, 1.54) is 53.2 Å². The molecule has 1 heterocycles. The highest BCUT2D eigenvalue weighted by Crippen LogP contribution is 2.33. The molecular weight excluding hydrogens is 460 g/mol. The summed E-state index contributed by atoms with van der Waals surface area (Å²) >= 11 is 6.64. The zero-order valence-electron chi connectivity index (χ0n) is 17.4. The molecule has 34 heavy (non-hydrogen) atoms. The molecule has 0 aliphatic heterocycles. The smallest absolute Gasteiger partial charge is 0.269 e. The Morgan fingerprint density at radius 1 is 0.853 bits per heavy atom. The SMILES string of the molecule is O=C(/C=C/c1c(-c2ccc([N+](=O)[O-])cc2)nn(-c2ccccc2)c1Cl)c1ccc([N+](=O)[O-])cc1. The summed E-state index contributed by atoms with van der Waals surface area (Å²) in [6.45, 7) is 0. The number of nitro groups is 2. The first-order chi connectivity index (χ1) is 16.3. The highest BCUT2D eigenvalue weighted by Gasteiger charge is 2.18. The summed E-state index contributed by atoms with van der Waals surface area (Å²) in [7, 11) is 0. The van der Waals surface area contributed by atoms with Crippen LogP contribution in [0, 0.1) is 20.2 Å². The molecule has 3 aromatic carbocycles. The van der Waals surface area contributed by atoms with Crippen molar-refractivity contribution in [2.75, 3.05) is 0 Å². The zero-order chi connectivity index (χ0) is 24.2. The van der Waals surface area contributed by atoms with E-state index in [9.17, 15) is 25.0 Å². The quantitative estimate of drug-likeness (QED) is 0.142. The summed E-state index contributed by atoms with van der Waals surface area (Å²) in [5, 5.41) is 26.7. The topological polar surface area (TPSA) is 121 Å². The maximum Gasteiger partial charge on any atom is 0.269 e. The fourth-order valence-electron chi connectivity index (χ4n) is 3.25. The van der Waals surface area contributed by atoms with Crippen LogP contribution in [-0.4, -0.2) is 25.4 Å². The van der Waals surface area contributed by atoms with Crippen molar-refractivity contribution in [3.8, 4) is 16.9 Å². The number of ketones is 1. The van der Waals surface area contributed by atoms with Crippen LogP contribution in [0.1, 0.15) is 15.9 Å². The number of aromatic nitrogens is 2. The minimum absolute atomic E-state index is 0.0669. The molecule has 0 aliphatic carbocycles. The lowest BCUT2D eigenvalue weighted by atomic mass is 10.1. The number of halogens is 1. The Balaban J connectivity index is 1.75. The van der Waals surface area contributed by atoms with Gasteiger partial charge >= 0.3 is 0 Å². The largest absolute Gasteiger partial charge is 0.289 e. The molecule has 10 heteroatoms. The number of allylic oxidation sites excluding steroid dienone is 1. The molecule has 4 aromatic rings. The first kappa shape index (κ1) is 22.6. The standard InChI is InChI=1S/C24H15ClN4O5/c25-24-21(14-15-22(30)16-6-10-19(11-7-16)28(31)32)23(17-8-12-20(13-9-17)29(33)34)26-27(24)18-4-2-1-3-5-18/h1-15H/b15-14+. The molecule has 0 radical (unpaired) electrons. The van der Waals surface area contributed by atoms with Gasteiger partial charge in [-0.25, -0.2) is 4.68 Å². The van der Waals surface area contributed by atoms with E-state index in [0.29, 0.717) is 22.5 Å². The molecule has 1 aromatic heterocycles. The molecule has 0 saturated heterocycles. The lowest BCUT2D eigenvalue weighted by molar-refractivity contribution is -0.385. The molecular formula is C24H15ClN4O5. The van der Waals surface area contributed by atoms with Gasteiger partial charge in [-0.05, 0) is 48.6 Å². The predicted molar refractivity (Wildman–Crippen MR) is 127 cm³/mol. The molecule has 168 valence electrons. The number of benzene rings is 3. The second-order valence-corrected chi connectivity index (χ2v) is 7.46. The summed E-state index contributed by atoms with van der Waals surface area (Å²) in [4.78, 5) is 33.4. The van der Waals surface area contributed by atoms with Crippen LogP contribution in [0.4, 0.5) is 11.4 Å². The molecule has 0 atom stereocenters. The number of hydrogen-bond donors (Lipinski definition) is 0. The minimum Gasteiger partial charge on any atom is -0.289 e. The molecule has 0 unspecified atom stereocenters. The van der Waals surface area contributed by atoms with Crippen LogP contribution >= 0.6 is 11.6 Å². The van der Waals surface area contributed by atoms with E-state index in [1.54, 1.807) is 12.1 Å². The summed E-state index contributed by atoms with van der Waals surface area (Å²) in [5.74, 6) is -0.381. The van der Waals surface area contributed by atoms with Crippen LogP contribution < -0.4 is 0 Å². The fraction of sp³-hybridized carbons (Fsp3) is 0. The minimum atomic E-state index is -0.543. The number of hydrogen-bond acceptors (Lipinski definition) is 6. The van der Waals surface area contributed by atoms with Crippen molar-refractivity contribution in [2.45, 2.75) is 0 Å². The van der Waals surface area contributed by atoms with Crippen molar-refractivity contribution in [2.24, 2.45) is 0 Å². The van der Waals surface area contributed by atoms with Crippen molar-refractivity contribution in [3.05, 3.63) is 121 Å². The van der Waals surface area contributed by atoms with Gasteiger partial charge in [0, 0.05) is 41.0 Å². The van der Waals surface area contributed by atoms with Gasteiger partial charge in [-0.3, -0.25) is 25.0 Å². The van der Waals surface area contributed by atoms with Crippen LogP contribution in [0.5, 0.6) is 0 Å². The van der Waals surface area contributed by atoms with Crippen molar-refractivity contribution < 1.29 is 14.6 Å². The zero-order valence-corrected chi connectivity index (χ0v) is 18.1. The average Bonchev–Trinajstić information content (AvgIpc) is 3.19. The lowest BCUT2D eigenvalue weighted by Crippen LogP contribution is -1.96. The van der Waals surface area contributed by atoms with Gasteiger partial charge in [0.25, 0.3) is 11.4 Å². The third-order valence-electron chi connectivity index (χ3n) is 4.98. The van der Waals surface area contributed by atoms with E-state index in [1.807, 2.05) is 30.3 Å². The first-order valence-corrected chi connectivity index (χ1v) is 10.3. The van der Waals surface area contributed by atoms with E-state index in [-0.39, 0.29) is 27.9 Å². The van der Waals surface area contributed by atoms with Crippen LogP contribution in [-0.2, 0) is 0 Å². The van der Waals surface area contributed by atoms with Crippen LogP contribution in [0.15, 0.2) is 84.9 Å². The Hall–Kier alpha value is -4.63. The molecule has 0 amide bonds. The van der Waals surface area contributed by atoms with Crippen molar-refractivity contribution in [3.63, 3.8) is 0 Å². The van der Waals surface area contributed by atoms with Crippen molar-refractivity contribution >= 4 is 34.8 Å². The summed E-state index contributed by atoms with van der Waals surface area (Å²) in [6, 6.07) is 20.2. The fourth-order valence-corrected chi connectivity index (χ4v) is 3.54. The number of non-ortho nitro benzene ring substituents is 2. The van der Waals surface area contributed by atoms with Gasteiger partial charge in [0.05, 0.1) is 15.5 Å². The number of carbonyl (C=O) groups is 1. The number of carbonyl (C=O) groups excluding carboxylic acids is 1. The molecule has 0 N–H and O–H groups in total.